The Kier molecular flexibility index (Phi) is 3.99. The Morgan fingerprint density at radius 1 is 1.25 bits per heavy atom. The Hall–Kier alpha value is -1.85. The van der Waals surface area contributed by atoms with Gasteiger partial charge in [0.25, 0.3) is 0 Å². The van der Waals surface area contributed by atoms with E-state index in [0.717, 1.165) is 18.2 Å². The van der Waals surface area contributed by atoms with Crippen molar-refractivity contribution in [2.45, 2.75) is 25.4 Å². The number of benzene rings is 1. The molecule has 1 aliphatic rings. The van der Waals surface area contributed by atoms with Crippen LogP contribution in [0, 0.1) is 0 Å². The number of hydrogen-bond acceptors (Lipinski definition) is 3. The molecule has 3 rings (SSSR count). The minimum atomic E-state index is 0.551. The van der Waals surface area contributed by atoms with Gasteiger partial charge in [-0.2, -0.15) is 0 Å². The van der Waals surface area contributed by atoms with Crippen molar-refractivity contribution in [1.29, 1.82) is 0 Å². The molecule has 1 heterocycles. The van der Waals surface area contributed by atoms with Gasteiger partial charge in [0, 0.05) is 10.9 Å². The highest BCUT2D eigenvalue weighted by atomic mass is 32.1. The molecule has 0 spiro atoms. The Balaban J connectivity index is 1.82. The van der Waals surface area contributed by atoms with Crippen LogP contribution >= 0.6 is 11.3 Å². The second-order valence-corrected chi connectivity index (χ2v) is 5.89. The van der Waals surface area contributed by atoms with Crippen LogP contribution in [-0.4, -0.2) is 16.9 Å². The molecule has 4 nitrogen and oxygen atoms in total. The molecular formula is C15H18N4S. The van der Waals surface area contributed by atoms with Gasteiger partial charge in [0.15, 0.2) is 0 Å². The molecule has 0 aliphatic heterocycles. The van der Waals surface area contributed by atoms with Crippen molar-refractivity contribution in [2.75, 3.05) is 0 Å². The third kappa shape index (κ3) is 3.18. The second-order valence-electron chi connectivity index (χ2n) is 4.85. The quantitative estimate of drug-likeness (QED) is 0.393. The maximum atomic E-state index is 5.70. The maximum Gasteiger partial charge on any atom is 0.214 e. The van der Waals surface area contributed by atoms with Gasteiger partial charge >= 0.3 is 0 Å². The second kappa shape index (κ2) is 6.07. The minimum absolute atomic E-state index is 0.551. The minimum Gasteiger partial charge on any atom is -0.333 e. The summed E-state index contributed by atoms with van der Waals surface area (Å²) in [6, 6.07) is 14.7. The molecular weight excluding hydrogens is 268 g/mol. The Labute approximate surface area is 122 Å². The fraction of sp³-hybridized carbons (Fsp3) is 0.267. The average Bonchev–Trinajstić information content (AvgIpc) is 3.20. The number of aliphatic imine (C=N–C) groups is 1. The monoisotopic (exact) mass is 286 g/mol. The average molecular weight is 286 g/mol. The van der Waals surface area contributed by atoms with Crippen molar-refractivity contribution in [3.63, 3.8) is 0 Å². The molecule has 2 aromatic rings. The van der Waals surface area contributed by atoms with E-state index in [0.29, 0.717) is 6.04 Å². The number of nitrogens with zero attached hydrogens (tertiary/aromatic N) is 2. The summed E-state index contributed by atoms with van der Waals surface area (Å²) >= 11 is 1.77. The molecule has 104 valence electrons. The molecule has 0 bridgehead atoms. The topological polar surface area (TPSA) is 53.6 Å². The van der Waals surface area contributed by atoms with E-state index < -0.39 is 0 Å². The molecule has 0 amide bonds. The number of hydrogen-bond donors (Lipinski definition) is 2. The first kappa shape index (κ1) is 13.1. The van der Waals surface area contributed by atoms with Crippen LogP contribution in [0.1, 0.15) is 17.7 Å². The van der Waals surface area contributed by atoms with Gasteiger partial charge in [-0.1, -0.05) is 24.3 Å². The lowest BCUT2D eigenvalue weighted by Crippen LogP contribution is -2.45. The Bertz CT molecular complexity index is 561. The molecule has 1 aliphatic carbocycles. The molecule has 0 atom stereocenters. The third-order valence-corrected chi connectivity index (χ3v) is 4.15. The maximum absolute atomic E-state index is 5.70. The fourth-order valence-electron chi connectivity index (χ4n) is 2.14. The van der Waals surface area contributed by atoms with Crippen LogP contribution < -0.4 is 11.3 Å². The summed E-state index contributed by atoms with van der Waals surface area (Å²) in [5.41, 5.74) is 3.68. The van der Waals surface area contributed by atoms with Gasteiger partial charge in [-0.25, -0.2) is 10.8 Å². The van der Waals surface area contributed by atoms with E-state index in [4.69, 9.17) is 5.84 Å². The molecule has 1 fully saturated rings. The standard InChI is InChI=1S/C15H18N4S/c16-18-15(17-12-5-2-1-3-6-12)19(13-8-9-13)11-14-7-4-10-20-14/h1-7,10,13H,8-9,11,16H2,(H,17,18). The Morgan fingerprint density at radius 3 is 2.65 bits per heavy atom. The van der Waals surface area contributed by atoms with Crippen molar-refractivity contribution >= 4 is 23.0 Å². The SMILES string of the molecule is NNC(=Nc1ccccc1)N(Cc1cccs1)C1CC1. The van der Waals surface area contributed by atoms with E-state index >= 15 is 0 Å². The molecule has 1 aromatic heterocycles. The number of thiophene rings is 1. The van der Waals surface area contributed by atoms with Gasteiger partial charge in [0.2, 0.25) is 5.96 Å². The predicted octanol–water partition coefficient (Wildman–Crippen LogP) is 2.86. The number of nitrogens with two attached hydrogens (primary N) is 1. The van der Waals surface area contributed by atoms with E-state index in [1.165, 1.54) is 17.7 Å². The number of rotatable bonds is 4. The van der Waals surface area contributed by atoms with Crippen LogP contribution in [0.15, 0.2) is 52.8 Å². The van der Waals surface area contributed by atoms with Crippen molar-refractivity contribution in [3.05, 3.63) is 52.7 Å². The summed E-state index contributed by atoms with van der Waals surface area (Å²) in [6.45, 7) is 0.859. The smallest absolute Gasteiger partial charge is 0.214 e. The van der Waals surface area contributed by atoms with Crippen molar-refractivity contribution in [2.24, 2.45) is 10.8 Å². The zero-order chi connectivity index (χ0) is 13.8. The van der Waals surface area contributed by atoms with Gasteiger partial charge in [-0.15, -0.1) is 11.3 Å². The normalized spacial score (nSPS) is 15.2. The van der Waals surface area contributed by atoms with E-state index in [9.17, 15) is 0 Å². The van der Waals surface area contributed by atoms with Gasteiger partial charge in [0.1, 0.15) is 0 Å². The number of nitrogens with one attached hydrogen (secondary N) is 1. The largest absolute Gasteiger partial charge is 0.333 e. The van der Waals surface area contributed by atoms with Crippen LogP contribution in [0.4, 0.5) is 5.69 Å². The number of guanidine groups is 1. The van der Waals surface area contributed by atoms with Crippen LogP contribution in [0.5, 0.6) is 0 Å². The van der Waals surface area contributed by atoms with Crippen LogP contribution in [0.2, 0.25) is 0 Å². The zero-order valence-corrected chi connectivity index (χ0v) is 12.0. The third-order valence-electron chi connectivity index (χ3n) is 3.29. The van der Waals surface area contributed by atoms with Gasteiger partial charge in [-0.05, 0) is 36.4 Å². The lowest BCUT2D eigenvalue weighted by molar-refractivity contribution is 0.391. The van der Waals surface area contributed by atoms with Crippen molar-refractivity contribution < 1.29 is 0 Å². The van der Waals surface area contributed by atoms with Gasteiger partial charge in [0.05, 0.1) is 12.2 Å². The van der Waals surface area contributed by atoms with E-state index in [1.54, 1.807) is 11.3 Å². The van der Waals surface area contributed by atoms with Crippen molar-refractivity contribution in [3.8, 4) is 0 Å². The Morgan fingerprint density at radius 2 is 2.05 bits per heavy atom. The summed E-state index contributed by atoms with van der Waals surface area (Å²) in [4.78, 5) is 8.22. The van der Waals surface area contributed by atoms with E-state index in [1.807, 2.05) is 30.3 Å². The van der Waals surface area contributed by atoms with E-state index in [-0.39, 0.29) is 0 Å². The molecule has 3 N–H and O–H groups in total. The van der Waals surface area contributed by atoms with Crippen LogP contribution in [0.25, 0.3) is 0 Å². The summed E-state index contributed by atoms with van der Waals surface area (Å²) < 4.78 is 0. The summed E-state index contributed by atoms with van der Waals surface area (Å²) in [5, 5.41) is 2.10. The summed E-state index contributed by atoms with van der Waals surface area (Å²) in [7, 11) is 0. The molecule has 1 aromatic carbocycles. The molecule has 20 heavy (non-hydrogen) atoms. The fourth-order valence-corrected chi connectivity index (χ4v) is 2.84. The lowest BCUT2D eigenvalue weighted by Gasteiger charge is -2.24. The summed E-state index contributed by atoms with van der Waals surface area (Å²) in [6.07, 6.45) is 2.42. The number of hydrazine groups is 1. The van der Waals surface area contributed by atoms with Crippen LogP contribution in [0.3, 0.4) is 0 Å². The number of para-hydroxylation sites is 1. The van der Waals surface area contributed by atoms with Gasteiger partial charge in [-0.3, -0.25) is 5.43 Å². The van der Waals surface area contributed by atoms with Crippen molar-refractivity contribution in [1.82, 2.24) is 10.3 Å². The first-order valence-corrected chi connectivity index (χ1v) is 7.64. The first-order chi connectivity index (χ1) is 9.86. The van der Waals surface area contributed by atoms with Gasteiger partial charge < -0.3 is 4.90 Å². The molecule has 0 radical (unpaired) electrons. The first-order valence-electron chi connectivity index (χ1n) is 6.76. The molecule has 0 unspecified atom stereocenters. The molecule has 5 heteroatoms. The highest BCUT2D eigenvalue weighted by Gasteiger charge is 2.31. The highest BCUT2D eigenvalue weighted by molar-refractivity contribution is 7.09. The zero-order valence-electron chi connectivity index (χ0n) is 11.2. The summed E-state index contributed by atoms with van der Waals surface area (Å²) in [5.74, 6) is 6.44. The van der Waals surface area contributed by atoms with Crippen LogP contribution in [-0.2, 0) is 6.54 Å². The van der Waals surface area contributed by atoms with E-state index in [2.05, 4.69) is 32.8 Å². The lowest BCUT2D eigenvalue weighted by atomic mass is 10.3. The highest BCUT2D eigenvalue weighted by Crippen LogP contribution is 2.29. The molecule has 1 saturated carbocycles. The molecule has 0 saturated heterocycles. The predicted molar refractivity (Wildman–Crippen MR) is 83.7 cm³/mol.